The average molecular weight is 228 g/mol. The second-order valence-corrected chi connectivity index (χ2v) is 3.61. The fraction of sp³-hybridized carbons (Fsp3) is 0.667. The first kappa shape index (κ1) is 12.4. The van der Waals surface area contributed by atoms with Gasteiger partial charge in [-0.1, -0.05) is 0 Å². The van der Waals surface area contributed by atoms with Crippen LogP contribution in [0.3, 0.4) is 0 Å². The van der Waals surface area contributed by atoms with Crippen molar-refractivity contribution in [2.75, 3.05) is 19.0 Å². The standard InChI is InChI=1S/C9H16N4O3/c1-7(4-5-16-3)11-9-8(13(14)15)10-6-12(9)2/h6-7,11H,4-5H2,1-3H3. The van der Waals surface area contributed by atoms with Gasteiger partial charge in [-0.25, -0.2) is 0 Å². The predicted molar refractivity (Wildman–Crippen MR) is 59.4 cm³/mol. The normalized spacial score (nSPS) is 12.4. The van der Waals surface area contributed by atoms with E-state index < -0.39 is 4.92 Å². The Kier molecular flexibility index (Phi) is 4.24. The Morgan fingerprint density at radius 3 is 3.00 bits per heavy atom. The van der Waals surface area contributed by atoms with E-state index in [0.717, 1.165) is 6.42 Å². The Bertz CT molecular complexity index is 364. The van der Waals surface area contributed by atoms with Gasteiger partial charge in [-0.05, 0) is 23.3 Å². The summed E-state index contributed by atoms with van der Waals surface area (Å²) in [4.78, 5) is 13.9. The summed E-state index contributed by atoms with van der Waals surface area (Å²) in [6.07, 6.45) is 2.20. The summed E-state index contributed by atoms with van der Waals surface area (Å²) >= 11 is 0. The molecular formula is C9H16N4O3. The van der Waals surface area contributed by atoms with Crippen molar-refractivity contribution in [3.63, 3.8) is 0 Å². The maximum atomic E-state index is 10.7. The Balaban J connectivity index is 2.71. The number of aryl methyl sites for hydroxylation is 1. The van der Waals surface area contributed by atoms with E-state index in [-0.39, 0.29) is 11.9 Å². The molecule has 1 heterocycles. The van der Waals surface area contributed by atoms with Crippen LogP contribution in [-0.4, -0.2) is 34.2 Å². The molecule has 0 fully saturated rings. The number of rotatable bonds is 6. The van der Waals surface area contributed by atoms with Gasteiger partial charge in [0.1, 0.15) is 0 Å². The SMILES string of the molecule is COCCC(C)Nc1c([N+](=O)[O-])ncn1C. The van der Waals surface area contributed by atoms with E-state index in [4.69, 9.17) is 4.74 Å². The first-order chi connectivity index (χ1) is 7.56. The van der Waals surface area contributed by atoms with Crippen LogP contribution in [0.25, 0.3) is 0 Å². The molecule has 0 bridgehead atoms. The fourth-order valence-corrected chi connectivity index (χ4v) is 1.32. The van der Waals surface area contributed by atoms with Crippen LogP contribution in [0.4, 0.5) is 11.6 Å². The van der Waals surface area contributed by atoms with Gasteiger partial charge in [-0.3, -0.25) is 4.57 Å². The number of anilines is 1. The monoisotopic (exact) mass is 228 g/mol. The molecule has 0 saturated carbocycles. The maximum absolute atomic E-state index is 10.7. The van der Waals surface area contributed by atoms with Crippen molar-refractivity contribution >= 4 is 11.6 Å². The first-order valence-corrected chi connectivity index (χ1v) is 4.97. The van der Waals surface area contributed by atoms with E-state index >= 15 is 0 Å². The largest absolute Gasteiger partial charge is 0.406 e. The van der Waals surface area contributed by atoms with E-state index in [2.05, 4.69) is 10.3 Å². The van der Waals surface area contributed by atoms with Crippen LogP contribution in [0, 0.1) is 10.1 Å². The zero-order valence-electron chi connectivity index (χ0n) is 9.64. The highest BCUT2D eigenvalue weighted by molar-refractivity contribution is 5.52. The van der Waals surface area contributed by atoms with E-state index in [0.29, 0.717) is 12.4 Å². The van der Waals surface area contributed by atoms with Crippen molar-refractivity contribution < 1.29 is 9.66 Å². The zero-order valence-corrected chi connectivity index (χ0v) is 9.64. The topological polar surface area (TPSA) is 82.2 Å². The van der Waals surface area contributed by atoms with Crippen LogP contribution in [0.15, 0.2) is 6.33 Å². The third-order valence-electron chi connectivity index (χ3n) is 2.23. The van der Waals surface area contributed by atoms with Crippen LogP contribution in [-0.2, 0) is 11.8 Å². The van der Waals surface area contributed by atoms with Crippen LogP contribution in [0.2, 0.25) is 0 Å². The van der Waals surface area contributed by atoms with Gasteiger partial charge in [0.2, 0.25) is 12.1 Å². The lowest BCUT2D eigenvalue weighted by Crippen LogP contribution is -2.19. The number of imidazole rings is 1. The molecule has 1 unspecified atom stereocenters. The molecule has 7 nitrogen and oxygen atoms in total. The minimum absolute atomic E-state index is 0.0917. The highest BCUT2D eigenvalue weighted by Crippen LogP contribution is 2.22. The number of nitrogens with one attached hydrogen (secondary N) is 1. The highest BCUT2D eigenvalue weighted by atomic mass is 16.6. The van der Waals surface area contributed by atoms with E-state index in [1.165, 1.54) is 6.33 Å². The number of ether oxygens (including phenoxy) is 1. The van der Waals surface area contributed by atoms with Gasteiger partial charge in [0, 0.05) is 26.8 Å². The molecule has 0 aliphatic carbocycles. The van der Waals surface area contributed by atoms with Crippen LogP contribution < -0.4 is 5.32 Å². The Hall–Kier alpha value is -1.63. The van der Waals surface area contributed by atoms with Crippen molar-refractivity contribution in [1.82, 2.24) is 9.55 Å². The highest BCUT2D eigenvalue weighted by Gasteiger charge is 2.20. The molecule has 0 aliphatic rings. The quantitative estimate of drug-likeness (QED) is 0.583. The van der Waals surface area contributed by atoms with Gasteiger partial charge < -0.3 is 20.2 Å². The second kappa shape index (κ2) is 5.45. The molecule has 1 rings (SSSR count). The molecule has 1 aromatic heterocycles. The zero-order chi connectivity index (χ0) is 12.1. The van der Waals surface area contributed by atoms with Crippen molar-refractivity contribution in [3.8, 4) is 0 Å². The summed E-state index contributed by atoms with van der Waals surface area (Å²) < 4.78 is 6.54. The van der Waals surface area contributed by atoms with Crippen LogP contribution in [0.5, 0.6) is 0 Å². The molecule has 0 saturated heterocycles. The number of nitrogens with zero attached hydrogens (tertiary/aromatic N) is 3. The third-order valence-corrected chi connectivity index (χ3v) is 2.23. The van der Waals surface area contributed by atoms with Gasteiger partial charge in [-0.2, -0.15) is 0 Å². The molecule has 90 valence electrons. The minimum Gasteiger partial charge on any atom is -0.385 e. The molecule has 0 radical (unpaired) electrons. The molecule has 1 N–H and O–H groups in total. The number of nitro groups is 1. The molecule has 7 heteroatoms. The second-order valence-electron chi connectivity index (χ2n) is 3.61. The summed E-state index contributed by atoms with van der Waals surface area (Å²) in [6, 6.07) is 0.0917. The first-order valence-electron chi connectivity index (χ1n) is 4.97. The molecule has 0 amide bonds. The lowest BCUT2D eigenvalue weighted by atomic mass is 10.2. The molecule has 1 atom stereocenters. The van der Waals surface area contributed by atoms with E-state index in [9.17, 15) is 10.1 Å². The summed E-state index contributed by atoms with van der Waals surface area (Å²) in [7, 11) is 3.34. The van der Waals surface area contributed by atoms with Gasteiger partial charge in [0.15, 0.2) is 0 Å². The Morgan fingerprint density at radius 1 is 1.75 bits per heavy atom. The van der Waals surface area contributed by atoms with E-state index in [1.54, 1.807) is 18.7 Å². The number of aromatic nitrogens is 2. The van der Waals surface area contributed by atoms with Crippen LogP contribution >= 0.6 is 0 Å². The molecule has 0 aliphatic heterocycles. The lowest BCUT2D eigenvalue weighted by Gasteiger charge is -2.13. The van der Waals surface area contributed by atoms with E-state index in [1.807, 2.05) is 6.92 Å². The molecular weight excluding hydrogens is 212 g/mol. The summed E-state index contributed by atoms with van der Waals surface area (Å²) in [6.45, 7) is 2.55. The number of methoxy groups -OCH3 is 1. The average Bonchev–Trinajstić information content (AvgIpc) is 2.58. The van der Waals surface area contributed by atoms with Crippen LogP contribution in [0.1, 0.15) is 13.3 Å². The predicted octanol–water partition coefficient (Wildman–Crippen LogP) is 1.17. The fourth-order valence-electron chi connectivity index (χ4n) is 1.32. The minimum atomic E-state index is -0.495. The third kappa shape index (κ3) is 2.93. The van der Waals surface area contributed by atoms with Gasteiger partial charge in [0.25, 0.3) is 0 Å². The summed E-state index contributed by atoms with van der Waals surface area (Å²) in [5.41, 5.74) is 0. The summed E-state index contributed by atoms with van der Waals surface area (Å²) in [5, 5.41) is 13.7. The number of hydrogen-bond donors (Lipinski definition) is 1. The molecule has 0 spiro atoms. The molecule has 0 aromatic carbocycles. The van der Waals surface area contributed by atoms with Crippen molar-refractivity contribution in [2.45, 2.75) is 19.4 Å². The van der Waals surface area contributed by atoms with Gasteiger partial charge >= 0.3 is 5.82 Å². The maximum Gasteiger partial charge on any atom is 0.406 e. The Morgan fingerprint density at radius 2 is 2.44 bits per heavy atom. The van der Waals surface area contributed by atoms with Crippen molar-refractivity contribution in [2.24, 2.45) is 7.05 Å². The van der Waals surface area contributed by atoms with Gasteiger partial charge in [-0.15, -0.1) is 0 Å². The van der Waals surface area contributed by atoms with Crippen molar-refractivity contribution in [3.05, 3.63) is 16.4 Å². The van der Waals surface area contributed by atoms with Gasteiger partial charge in [0.05, 0.1) is 0 Å². The Labute approximate surface area is 93.6 Å². The smallest absolute Gasteiger partial charge is 0.385 e. The molecule has 1 aromatic rings. The lowest BCUT2D eigenvalue weighted by molar-refractivity contribution is -0.388. The summed E-state index contributed by atoms with van der Waals surface area (Å²) in [5.74, 6) is 0.278. The number of hydrogen-bond acceptors (Lipinski definition) is 5. The molecule has 16 heavy (non-hydrogen) atoms. The van der Waals surface area contributed by atoms with Crippen molar-refractivity contribution in [1.29, 1.82) is 0 Å².